The van der Waals surface area contributed by atoms with Gasteiger partial charge >= 0.3 is 0 Å². The van der Waals surface area contributed by atoms with Gasteiger partial charge in [-0.25, -0.2) is 0 Å². The molecule has 0 aromatic rings. The van der Waals surface area contributed by atoms with Gasteiger partial charge in [0, 0.05) is 6.21 Å². The zero-order chi connectivity index (χ0) is 11.0. The predicted molar refractivity (Wildman–Crippen MR) is 64.8 cm³/mol. The predicted octanol–water partition coefficient (Wildman–Crippen LogP) is 3.83. The molecule has 0 aliphatic heterocycles. The molecule has 1 N–H and O–H groups in total. The maximum atomic E-state index is 7.20. The monoisotopic (exact) mass is 187 g/mol. The highest BCUT2D eigenvalue weighted by molar-refractivity contribution is 5.82. The Kier molecular flexibility index (Phi) is 6.04. The Morgan fingerprint density at radius 3 is 2.14 bits per heavy atom. The van der Waals surface area contributed by atoms with Crippen LogP contribution in [0.15, 0.2) is 60.3 Å². The first-order valence-electron chi connectivity index (χ1n) is 4.47. The summed E-state index contributed by atoms with van der Waals surface area (Å²) in [6, 6.07) is 0. The van der Waals surface area contributed by atoms with Gasteiger partial charge in [-0.05, 0) is 25.0 Å². The molecule has 0 saturated heterocycles. The Hall–Kier alpha value is -1.63. The van der Waals surface area contributed by atoms with Crippen LogP contribution < -0.4 is 0 Å². The molecule has 0 saturated carbocycles. The standard InChI is InChI=1S/C13H17N/c1-5-7-13(10-14)12(4)9-8-11(3)6-2/h5-10,14H,1-2H2,3-4H3/b11-8-,12-9+,13-7+,14-10?. The van der Waals surface area contributed by atoms with Gasteiger partial charge in [-0.1, -0.05) is 49.1 Å². The van der Waals surface area contributed by atoms with Gasteiger partial charge in [0.05, 0.1) is 0 Å². The lowest BCUT2D eigenvalue weighted by Gasteiger charge is -1.98. The Morgan fingerprint density at radius 2 is 1.71 bits per heavy atom. The summed E-state index contributed by atoms with van der Waals surface area (Å²) < 4.78 is 0. The van der Waals surface area contributed by atoms with E-state index in [1.807, 2.05) is 32.1 Å². The van der Waals surface area contributed by atoms with Gasteiger partial charge in [0.25, 0.3) is 0 Å². The number of rotatable bonds is 5. The van der Waals surface area contributed by atoms with Crippen LogP contribution in [0, 0.1) is 5.41 Å². The van der Waals surface area contributed by atoms with Gasteiger partial charge in [-0.2, -0.15) is 0 Å². The molecule has 0 rings (SSSR count). The first-order chi connectivity index (χ1) is 6.65. The molecule has 0 unspecified atom stereocenters. The molecule has 0 bridgehead atoms. The molecule has 0 spiro atoms. The fourth-order valence-electron chi connectivity index (χ4n) is 0.841. The highest BCUT2D eigenvalue weighted by Crippen LogP contribution is 2.07. The molecule has 0 fully saturated rings. The van der Waals surface area contributed by atoms with E-state index in [-0.39, 0.29) is 0 Å². The van der Waals surface area contributed by atoms with E-state index in [0.717, 1.165) is 16.7 Å². The van der Waals surface area contributed by atoms with Crippen molar-refractivity contribution >= 4 is 6.21 Å². The fraction of sp³-hybridized carbons (Fsp3) is 0.154. The maximum Gasteiger partial charge on any atom is 0.0252 e. The quantitative estimate of drug-likeness (QED) is 0.499. The second kappa shape index (κ2) is 6.84. The minimum atomic E-state index is 0.869. The summed E-state index contributed by atoms with van der Waals surface area (Å²) in [6.45, 7) is 11.2. The topological polar surface area (TPSA) is 23.9 Å². The van der Waals surface area contributed by atoms with Crippen molar-refractivity contribution in [3.05, 3.63) is 60.3 Å². The molecule has 0 aliphatic rings. The summed E-state index contributed by atoms with van der Waals surface area (Å²) in [5, 5.41) is 7.20. The van der Waals surface area contributed by atoms with E-state index in [2.05, 4.69) is 13.2 Å². The second-order valence-electron chi connectivity index (χ2n) is 2.97. The summed E-state index contributed by atoms with van der Waals surface area (Å²) in [4.78, 5) is 0. The maximum absolute atomic E-state index is 7.20. The first kappa shape index (κ1) is 12.4. The van der Waals surface area contributed by atoms with Crippen molar-refractivity contribution in [1.82, 2.24) is 0 Å². The minimum Gasteiger partial charge on any atom is -0.308 e. The SMILES string of the molecule is C=C/C=C(C=N)/C(C)=C/C=C(/C)C=C. The number of nitrogens with one attached hydrogen (secondary N) is 1. The molecule has 0 radical (unpaired) electrons. The lowest BCUT2D eigenvalue weighted by Crippen LogP contribution is -1.85. The van der Waals surface area contributed by atoms with E-state index in [1.165, 1.54) is 6.21 Å². The highest BCUT2D eigenvalue weighted by Gasteiger charge is 1.92. The van der Waals surface area contributed by atoms with Crippen molar-refractivity contribution in [2.75, 3.05) is 0 Å². The molecular weight excluding hydrogens is 170 g/mol. The van der Waals surface area contributed by atoms with Gasteiger partial charge in [0.2, 0.25) is 0 Å². The summed E-state index contributed by atoms with van der Waals surface area (Å²) in [5.74, 6) is 0. The van der Waals surface area contributed by atoms with Gasteiger partial charge in [-0.15, -0.1) is 0 Å². The molecule has 0 amide bonds. The van der Waals surface area contributed by atoms with E-state index >= 15 is 0 Å². The number of hydrogen-bond donors (Lipinski definition) is 1. The molecule has 0 aromatic carbocycles. The zero-order valence-corrected chi connectivity index (χ0v) is 8.88. The Balaban J connectivity index is 4.83. The highest BCUT2D eigenvalue weighted by atomic mass is 14.3. The molecular formula is C13H17N. The third-order valence-corrected chi connectivity index (χ3v) is 1.83. The average molecular weight is 187 g/mol. The molecule has 74 valence electrons. The van der Waals surface area contributed by atoms with Crippen LogP contribution in [0.5, 0.6) is 0 Å². The summed E-state index contributed by atoms with van der Waals surface area (Å²) in [7, 11) is 0. The molecule has 0 aromatic heterocycles. The van der Waals surface area contributed by atoms with Crippen molar-refractivity contribution in [2.24, 2.45) is 0 Å². The van der Waals surface area contributed by atoms with Crippen LogP contribution in [-0.4, -0.2) is 6.21 Å². The summed E-state index contributed by atoms with van der Waals surface area (Å²) in [5.41, 5.74) is 3.02. The first-order valence-corrected chi connectivity index (χ1v) is 4.47. The van der Waals surface area contributed by atoms with E-state index in [1.54, 1.807) is 12.2 Å². The van der Waals surface area contributed by atoms with E-state index in [9.17, 15) is 0 Å². The van der Waals surface area contributed by atoms with Gasteiger partial charge < -0.3 is 5.41 Å². The molecule has 1 heteroatoms. The Morgan fingerprint density at radius 1 is 1.07 bits per heavy atom. The van der Waals surface area contributed by atoms with Crippen LogP contribution >= 0.6 is 0 Å². The van der Waals surface area contributed by atoms with E-state index < -0.39 is 0 Å². The average Bonchev–Trinajstić information content (AvgIpc) is 2.21. The largest absolute Gasteiger partial charge is 0.308 e. The van der Waals surface area contributed by atoms with Crippen molar-refractivity contribution in [2.45, 2.75) is 13.8 Å². The molecule has 1 nitrogen and oxygen atoms in total. The Bertz CT molecular complexity index is 314. The zero-order valence-electron chi connectivity index (χ0n) is 8.88. The van der Waals surface area contributed by atoms with Crippen LogP contribution in [0.25, 0.3) is 0 Å². The Labute approximate surface area is 86.4 Å². The van der Waals surface area contributed by atoms with Crippen LogP contribution in [0.1, 0.15) is 13.8 Å². The normalized spacial score (nSPS) is 13.7. The summed E-state index contributed by atoms with van der Waals surface area (Å²) in [6.07, 6.45) is 10.6. The number of allylic oxidation sites excluding steroid dienone is 8. The van der Waals surface area contributed by atoms with Crippen molar-refractivity contribution < 1.29 is 0 Å². The molecule has 0 atom stereocenters. The van der Waals surface area contributed by atoms with Crippen molar-refractivity contribution in [3.8, 4) is 0 Å². The molecule has 0 heterocycles. The van der Waals surface area contributed by atoms with Crippen LogP contribution in [0.3, 0.4) is 0 Å². The lowest BCUT2D eigenvalue weighted by atomic mass is 10.1. The van der Waals surface area contributed by atoms with Crippen molar-refractivity contribution in [1.29, 1.82) is 5.41 Å². The van der Waals surface area contributed by atoms with E-state index in [4.69, 9.17) is 5.41 Å². The third kappa shape index (κ3) is 4.41. The van der Waals surface area contributed by atoms with Gasteiger partial charge in [0.15, 0.2) is 0 Å². The van der Waals surface area contributed by atoms with Crippen LogP contribution in [-0.2, 0) is 0 Å². The van der Waals surface area contributed by atoms with Gasteiger partial charge in [0.1, 0.15) is 0 Å². The smallest absolute Gasteiger partial charge is 0.0252 e. The molecule has 14 heavy (non-hydrogen) atoms. The van der Waals surface area contributed by atoms with E-state index in [0.29, 0.717) is 0 Å². The minimum absolute atomic E-state index is 0.869. The summed E-state index contributed by atoms with van der Waals surface area (Å²) >= 11 is 0. The van der Waals surface area contributed by atoms with Crippen molar-refractivity contribution in [3.63, 3.8) is 0 Å². The van der Waals surface area contributed by atoms with Crippen LogP contribution in [0.2, 0.25) is 0 Å². The molecule has 0 aliphatic carbocycles. The lowest BCUT2D eigenvalue weighted by molar-refractivity contribution is 1.43. The second-order valence-corrected chi connectivity index (χ2v) is 2.97. The van der Waals surface area contributed by atoms with Crippen LogP contribution in [0.4, 0.5) is 0 Å². The fourth-order valence-corrected chi connectivity index (χ4v) is 0.841. The third-order valence-electron chi connectivity index (χ3n) is 1.83. The van der Waals surface area contributed by atoms with Gasteiger partial charge in [-0.3, -0.25) is 0 Å². The number of hydrogen-bond acceptors (Lipinski definition) is 1.